The number of rotatable bonds is 3. The molecule has 7 nitrogen and oxygen atoms in total. The van der Waals surface area contributed by atoms with Gasteiger partial charge in [-0.2, -0.15) is 0 Å². The van der Waals surface area contributed by atoms with E-state index in [1.807, 2.05) is 20.8 Å². The SMILES string of the molecule is CC(C)(C)OC(=O)N1C[C@H](N=[N+]=[N-])C[C@@H]1O[Si](C)(C)C(C)(C)C. The molecule has 1 rings (SSSR count). The van der Waals surface area contributed by atoms with Crippen molar-refractivity contribution < 1.29 is 14.0 Å². The highest BCUT2D eigenvalue weighted by Crippen LogP contribution is 2.39. The van der Waals surface area contributed by atoms with Crippen molar-refractivity contribution >= 4 is 14.4 Å². The molecule has 0 bridgehead atoms. The minimum atomic E-state index is -2.05. The lowest BCUT2D eigenvalue weighted by atomic mass is 10.2. The summed E-state index contributed by atoms with van der Waals surface area (Å²) >= 11 is 0. The van der Waals surface area contributed by atoms with Crippen molar-refractivity contribution in [1.82, 2.24) is 4.90 Å². The highest BCUT2D eigenvalue weighted by Gasteiger charge is 2.45. The molecule has 0 aromatic rings. The smallest absolute Gasteiger partial charge is 0.412 e. The van der Waals surface area contributed by atoms with Crippen molar-refractivity contribution in [1.29, 1.82) is 0 Å². The van der Waals surface area contributed by atoms with Crippen LogP contribution in [0.15, 0.2) is 5.11 Å². The molecule has 0 aromatic carbocycles. The van der Waals surface area contributed by atoms with Crippen molar-refractivity contribution in [3.05, 3.63) is 10.4 Å². The van der Waals surface area contributed by atoms with E-state index in [2.05, 4.69) is 43.9 Å². The number of likely N-dealkylation sites (tertiary alicyclic amines) is 1. The van der Waals surface area contributed by atoms with Crippen molar-refractivity contribution in [2.75, 3.05) is 6.54 Å². The monoisotopic (exact) mass is 342 g/mol. The van der Waals surface area contributed by atoms with E-state index in [9.17, 15) is 4.79 Å². The largest absolute Gasteiger partial charge is 0.444 e. The lowest BCUT2D eigenvalue weighted by Gasteiger charge is -2.40. The summed E-state index contributed by atoms with van der Waals surface area (Å²) in [5, 5.41) is 3.79. The van der Waals surface area contributed by atoms with E-state index >= 15 is 0 Å². The molecule has 23 heavy (non-hydrogen) atoms. The van der Waals surface area contributed by atoms with Crippen LogP contribution in [0.25, 0.3) is 10.4 Å². The van der Waals surface area contributed by atoms with Gasteiger partial charge in [-0.3, -0.25) is 4.90 Å². The van der Waals surface area contributed by atoms with Crippen LogP contribution in [-0.2, 0) is 9.16 Å². The molecule has 132 valence electrons. The fraction of sp³-hybridized carbons (Fsp3) is 0.933. The second-order valence-corrected chi connectivity index (χ2v) is 13.3. The first-order valence-corrected chi connectivity index (χ1v) is 10.9. The number of hydrogen-bond donors (Lipinski definition) is 0. The van der Waals surface area contributed by atoms with E-state index in [0.29, 0.717) is 13.0 Å². The minimum absolute atomic E-state index is 0.0309. The molecule has 1 aliphatic heterocycles. The van der Waals surface area contributed by atoms with Gasteiger partial charge in [0.1, 0.15) is 11.8 Å². The fourth-order valence-electron chi connectivity index (χ4n) is 2.08. The van der Waals surface area contributed by atoms with E-state index in [1.165, 1.54) is 0 Å². The Morgan fingerprint density at radius 2 is 1.83 bits per heavy atom. The van der Waals surface area contributed by atoms with Crippen molar-refractivity contribution in [3.8, 4) is 0 Å². The molecule has 1 aliphatic rings. The molecular formula is C15H30N4O3Si. The van der Waals surface area contributed by atoms with Crippen molar-refractivity contribution in [2.24, 2.45) is 5.11 Å². The summed E-state index contributed by atoms with van der Waals surface area (Å²) in [5.41, 5.74) is 8.10. The van der Waals surface area contributed by atoms with Crippen LogP contribution in [0.5, 0.6) is 0 Å². The van der Waals surface area contributed by atoms with Crippen LogP contribution < -0.4 is 0 Å². The number of ether oxygens (including phenoxy) is 1. The summed E-state index contributed by atoms with van der Waals surface area (Å²) in [6.07, 6.45) is -0.311. The van der Waals surface area contributed by atoms with Gasteiger partial charge in [0, 0.05) is 17.9 Å². The molecule has 0 unspecified atom stereocenters. The van der Waals surface area contributed by atoms with Crippen LogP contribution >= 0.6 is 0 Å². The molecule has 2 atom stereocenters. The van der Waals surface area contributed by atoms with E-state index < -0.39 is 26.2 Å². The third-order valence-electron chi connectivity index (χ3n) is 4.31. The number of nitrogens with zero attached hydrogens (tertiary/aromatic N) is 4. The third-order valence-corrected chi connectivity index (χ3v) is 8.78. The standard InChI is InChI=1S/C15H30N4O3Si/c1-14(2,3)21-13(20)19-10-11(17-18-16)9-12(19)22-23(7,8)15(4,5)6/h11-12H,9-10H2,1-8H3/t11-,12+/m1/s1. The van der Waals surface area contributed by atoms with E-state index in [0.717, 1.165) is 0 Å². The summed E-state index contributed by atoms with van der Waals surface area (Å²) < 4.78 is 11.8. The molecule has 0 saturated carbocycles. The molecule has 1 fully saturated rings. The Morgan fingerprint density at radius 3 is 2.26 bits per heavy atom. The predicted molar refractivity (Wildman–Crippen MR) is 92.6 cm³/mol. The van der Waals surface area contributed by atoms with E-state index in [-0.39, 0.29) is 11.1 Å². The predicted octanol–water partition coefficient (Wildman–Crippen LogP) is 4.65. The Morgan fingerprint density at radius 1 is 1.26 bits per heavy atom. The van der Waals surface area contributed by atoms with Crippen LogP contribution in [-0.4, -0.2) is 43.7 Å². The Balaban J connectivity index is 2.96. The molecule has 0 aromatic heterocycles. The van der Waals surface area contributed by atoms with E-state index in [1.54, 1.807) is 4.90 Å². The first kappa shape index (κ1) is 19.8. The van der Waals surface area contributed by atoms with Crippen molar-refractivity contribution in [3.63, 3.8) is 0 Å². The van der Waals surface area contributed by atoms with Crippen molar-refractivity contribution in [2.45, 2.75) is 84.0 Å². The van der Waals surface area contributed by atoms with Gasteiger partial charge in [0.2, 0.25) is 0 Å². The molecule has 1 saturated heterocycles. The maximum atomic E-state index is 12.5. The van der Waals surface area contributed by atoms with Gasteiger partial charge < -0.3 is 9.16 Å². The number of amides is 1. The van der Waals surface area contributed by atoms with Gasteiger partial charge >= 0.3 is 6.09 Å². The lowest BCUT2D eigenvalue weighted by Crippen LogP contribution is -2.49. The Hall–Kier alpha value is -1.24. The average molecular weight is 343 g/mol. The van der Waals surface area contributed by atoms with Crippen LogP contribution in [0.1, 0.15) is 48.0 Å². The van der Waals surface area contributed by atoms with E-state index in [4.69, 9.17) is 14.7 Å². The number of azide groups is 1. The molecular weight excluding hydrogens is 312 g/mol. The quantitative estimate of drug-likeness (QED) is 0.323. The average Bonchev–Trinajstić information content (AvgIpc) is 2.68. The van der Waals surface area contributed by atoms with Gasteiger partial charge in [-0.25, -0.2) is 4.79 Å². The maximum Gasteiger partial charge on any atom is 0.412 e. The fourth-order valence-corrected chi connectivity index (χ4v) is 3.33. The summed E-state index contributed by atoms with van der Waals surface area (Å²) in [5.74, 6) is 0. The Bertz CT molecular complexity index is 490. The summed E-state index contributed by atoms with van der Waals surface area (Å²) in [4.78, 5) is 16.9. The first-order chi connectivity index (χ1) is 10.3. The topological polar surface area (TPSA) is 87.5 Å². The summed E-state index contributed by atoms with van der Waals surface area (Å²) in [7, 11) is -2.05. The van der Waals surface area contributed by atoms with Gasteiger partial charge in [0.15, 0.2) is 8.32 Å². The zero-order chi connectivity index (χ0) is 18.1. The van der Waals surface area contributed by atoms with Gasteiger partial charge in [0.25, 0.3) is 0 Å². The highest BCUT2D eigenvalue weighted by molar-refractivity contribution is 6.74. The molecule has 8 heteroatoms. The first-order valence-electron chi connectivity index (χ1n) is 7.98. The summed E-state index contributed by atoms with van der Waals surface area (Å²) in [6.45, 7) is 16.5. The molecule has 1 heterocycles. The van der Waals surface area contributed by atoms with Gasteiger partial charge in [-0.1, -0.05) is 25.9 Å². The maximum absolute atomic E-state index is 12.5. The van der Waals surface area contributed by atoms with Crippen LogP contribution in [0, 0.1) is 0 Å². The number of hydrogen-bond acceptors (Lipinski definition) is 4. The second-order valence-electron chi connectivity index (χ2n) is 8.56. The van der Waals surface area contributed by atoms with Gasteiger partial charge in [0.05, 0.1) is 6.04 Å². The molecule has 0 N–H and O–H groups in total. The van der Waals surface area contributed by atoms with Gasteiger partial charge in [-0.05, 0) is 44.4 Å². The van der Waals surface area contributed by atoms with Gasteiger partial charge in [-0.15, -0.1) is 0 Å². The normalized spacial score (nSPS) is 22.7. The Labute approximate surface area is 140 Å². The minimum Gasteiger partial charge on any atom is -0.444 e. The highest BCUT2D eigenvalue weighted by atomic mass is 28.4. The summed E-state index contributed by atoms with van der Waals surface area (Å²) in [6, 6.07) is -0.276. The van der Waals surface area contributed by atoms with Crippen LogP contribution in [0.3, 0.4) is 0 Å². The zero-order valence-electron chi connectivity index (χ0n) is 15.6. The van der Waals surface area contributed by atoms with Crippen LogP contribution in [0.2, 0.25) is 18.1 Å². The van der Waals surface area contributed by atoms with Crippen LogP contribution in [0.4, 0.5) is 4.79 Å². The zero-order valence-corrected chi connectivity index (χ0v) is 16.6. The molecule has 0 spiro atoms. The Kier molecular flexibility index (Phi) is 5.77. The number of carbonyl (C=O) groups excluding carboxylic acids is 1. The molecule has 0 radical (unpaired) electrons. The second kappa shape index (κ2) is 6.71. The molecule has 1 amide bonds. The lowest BCUT2D eigenvalue weighted by molar-refractivity contribution is -0.00880. The molecule has 0 aliphatic carbocycles. The third kappa shape index (κ3) is 5.41. The number of carbonyl (C=O) groups is 1.